The quantitative estimate of drug-likeness (QED) is 0.0236. The van der Waals surface area contributed by atoms with Crippen molar-refractivity contribution >= 4 is 169 Å². The van der Waals surface area contributed by atoms with Gasteiger partial charge < -0.3 is 46.8 Å². The van der Waals surface area contributed by atoms with Crippen molar-refractivity contribution in [3.05, 3.63) is 94.4 Å². The first-order valence-corrected chi connectivity index (χ1v) is 32.3. The number of alkyl halides is 3. The number of H-pyrrole nitrogens is 1. The third kappa shape index (κ3) is 17.1. The second-order valence-electron chi connectivity index (χ2n) is 18.6. The molecule has 3 aromatic heterocycles. The maximum atomic E-state index is 12.7. The van der Waals surface area contributed by atoms with Gasteiger partial charge in [0.05, 0.1) is 17.7 Å². The SMILES string of the molecule is CC(=O)OCC1=C(C(=O)O)N2C(=O)[C@@H](NC(=O)CSc3ccncc3)[C@H]2SC1.Cn1nnnc1SCC1=C(C(=O)O)N2C(=O)[C@@H](NC(=O)CSC(F)(F)F)[C@H]2SC1.N[C@@H](C(=O)N[C@@H]1C(=O)N2C(C(=O)O)=C(CSc3cn[nH]n3)CS[C@H]12)c1ccc(O)cc1.[Pb]. The maximum absolute atomic E-state index is 12.7. The number of β-lactam (4-membered cyclic amide) rings is 3. The van der Waals surface area contributed by atoms with Crippen LogP contribution in [0.5, 0.6) is 5.75 Å². The molecule has 4 aromatic rings. The van der Waals surface area contributed by atoms with E-state index in [1.807, 2.05) is 0 Å². The van der Waals surface area contributed by atoms with Crippen molar-refractivity contribution < 1.29 is 86.3 Å². The minimum absolute atomic E-state index is 0. The zero-order valence-electron chi connectivity index (χ0n) is 45.7. The molecule has 41 heteroatoms. The van der Waals surface area contributed by atoms with Crippen molar-refractivity contribution in [1.82, 2.24) is 71.3 Å². The third-order valence-electron chi connectivity index (χ3n) is 12.8. The Morgan fingerprint density at radius 3 is 1.71 bits per heavy atom. The number of phenolic OH excluding ortho intramolecular Hbond substituents is 1. The first kappa shape index (κ1) is 69.9. The average Bonchev–Trinajstić information content (AvgIpc) is 0.965. The van der Waals surface area contributed by atoms with E-state index in [4.69, 9.17) is 10.5 Å². The molecule has 6 aliphatic heterocycles. The molecule has 10 N–H and O–H groups in total. The van der Waals surface area contributed by atoms with Crippen LogP contribution in [0, 0.1) is 0 Å². The summed E-state index contributed by atoms with van der Waals surface area (Å²) in [6.07, 6.45) is 4.78. The molecule has 3 saturated heterocycles. The van der Waals surface area contributed by atoms with Crippen LogP contribution in [-0.4, -0.2) is 249 Å². The van der Waals surface area contributed by atoms with Gasteiger partial charge in [-0.1, -0.05) is 35.7 Å². The molecule has 0 saturated carbocycles. The average molecular weight is 1560 g/mol. The van der Waals surface area contributed by atoms with Crippen molar-refractivity contribution in [2.24, 2.45) is 12.8 Å². The molecule has 4 radical (unpaired) electrons. The summed E-state index contributed by atoms with van der Waals surface area (Å²) in [6.45, 7) is 1.05. The van der Waals surface area contributed by atoms with E-state index in [0.29, 0.717) is 49.7 Å². The number of esters is 1. The number of ether oxygens (including phenoxy) is 1. The molecule has 9 heterocycles. The molecule has 10 rings (SSSR count). The number of tetrazole rings is 1. The van der Waals surface area contributed by atoms with E-state index in [9.17, 15) is 81.5 Å². The number of aliphatic carboxylic acids is 3. The number of hydrogen-bond acceptors (Lipinski definition) is 26. The van der Waals surface area contributed by atoms with Gasteiger partial charge in [-0.25, -0.2) is 19.1 Å². The fraction of sp³-hybridized carbons (Fsp3) is 0.375. The number of nitrogens with one attached hydrogen (secondary N) is 4. The normalized spacial score (nSPS) is 21.1. The molecule has 89 heavy (non-hydrogen) atoms. The van der Waals surface area contributed by atoms with Crippen LogP contribution in [0.2, 0.25) is 0 Å². The number of rotatable bonds is 21. The van der Waals surface area contributed by atoms with E-state index in [1.165, 1.54) is 118 Å². The standard InChI is InChI=1S/C18H18N6O5S2.C17H17N3O6S2.C13H13F3N6O4S3.Pb/c19-12(8-1-3-10(25)4-2-8)15(26)21-13-16(27)24-14(18(28)29)9(7-31-17(13)24)6-30-11-5-20-23-22-11;1-9(21)26-6-10-7-28-16-13(15(23)20(16)14(10)17(24)25)19-12(22)8-27-11-2-4-18-5-3-11;1-21-12(18-19-20-21)28-3-5-2-27-10-7(9(24)22(10)8(5)11(25)26)17-6(23)4-29-13(14,15)16;/h1-5,12-13,17,25H,6-7,19H2,(H,21,26)(H,28,29)(H,20,22,23);2-5,13,16H,6-8H2,1H3,(H,19,22)(H,24,25);7,10H,2-4H2,1H3,(H,17,23)(H,25,26);/t12-,13-,17-;13-,16-;7-,10-;/m111./s1. The molecule has 30 nitrogen and oxygen atoms in total. The van der Waals surface area contributed by atoms with Gasteiger partial charge in [-0.3, -0.25) is 53.2 Å². The monoisotopic (exact) mass is 1560 g/mol. The number of carboxylic acid groups (broad SMARTS) is 3. The number of benzene rings is 1. The van der Waals surface area contributed by atoms with Gasteiger partial charge >= 0.3 is 29.4 Å². The Kier molecular flexibility index (Phi) is 24.3. The molecule has 0 aliphatic carbocycles. The van der Waals surface area contributed by atoms with Crippen LogP contribution < -0.4 is 21.7 Å². The van der Waals surface area contributed by atoms with E-state index in [2.05, 4.69) is 51.9 Å². The Morgan fingerprint density at radius 1 is 0.742 bits per heavy atom. The van der Waals surface area contributed by atoms with Crippen LogP contribution >= 0.6 is 82.3 Å². The second-order valence-corrected chi connectivity index (χ2v) is 25.9. The minimum atomic E-state index is -4.56. The molecule has 7 atom stereocenters. The largest absolute Gasteiger partial charge is 0.508 e. The van der Waals surface area contributed by atoms with Crippen LogP contribution in [-0.2, 0) is 59.7 Å². The topological polar surface area (TPSA) is 431 Å². The Labute approximate surface area is 550 Å². The fourth-order valence-electron chi connectivity index (χ4n) is 8.73. The van der Waals surface area contributed by atoms with Gasteiger partial charge in [0.1, 0.15) is 74.8 Å². The molecule has 1 aromatic carbocycles. The molecule has 6 aliphatic rings. The van der Waals surface area contributed by atoms with Gasteiger partial charge in [0, 0.05) is 92.9 Å². The van der Waals surface area contributed by atoms with Crippen molar-refractivity contribution in [2.45, 2.75) is 67.8 Å². The van der Waals surface area contributed by atoms with Gasteiger partial charge in [-0.2, -0.15) is 23.5 Å². The number of nitrogens with zero attached hydrogens (tertiary/aromatic N) is 10. The van der Waals surface area contributed by atoms with Crippen LogP contribution in [0.1, 0.15) is 18.5 Å². The van der Waals surface area contributed by atoms with Crippen LogP contribution in [0.4, 0.5) is 13.2 Å². The van der Waals surface area contributed by atoms with E-state index >= 15 is 0 Å². The maximum Gasteiger partial charge on any atom is 0.442 e. The first-order valence-electron chi connectivity index (χ1n) is 25.2. The van der Waals surface area contributed by atoms with E-state index < -0.39 is 117 Å². The number of aromatic amines is 1. The summed E-state index contributed by atoms with van der Waals surface area (Å²) in [5.74, 6) is -6.91. The Bertz CT molecular complexity index is 3480. The number of amides is 6. The summed E-state index contributed by atoms with van der Waals surface area (Å²) >= 11 is 7.26. The number of aromatic hydroxyl groups is 1. The summed E-state index contributed by atoms with van der Waals surface area (Å²) in [5.41, 5.74) is 2.91. The number of pyridine rings is 1. The number of carboxylic acids is 3. The summed E-state index contributed by atoms with van der Waals surface area (Å²) in [4.78, 5) is 128. The van der Waals surface area contributed by atoms with Crippen molar-refractivity contribution in [3.63, 3.8) is 0 Å². The zero-order valence-corrected chi connectivity index (χ0v) is 55.3. The number of aryl methyl sites for hydroxylation is 1. The van der Waals surface area contributed by atoms with Crippen molar-refractivity contribution in [3.8, 4) is 5.75 Å². The molecule has 6 amide bonds. The number of phenols is 1. The third-order valence-corrected chi connectivity index (χ3v) is 20.6. The van der Waals surface area contributed by atoms with Crippen LogP contribution in [0.15, 0.2) is 104 Å². The summed E-state index contributed by atoms with van der Waals surface area (Å²) in [6, 6.07) is 5.70. The second kappa shape index (κ2) is 31.0. The number of carbonyl (C=O) groups excluding carboxylic acids is 7. The zero-order chi connectivity index (χ0) is 63.7. The van der Waals surface area contributed by atoms with Gasteiger partial charge in [0.15, 0.2) is 0 Å². The van der Waals surface area contributed by atoms with Crippen LogP contribution in [0.25, 0.3) is 0 Å². The molecule has 0 spiro atoms. The van der Waals surface area contributed by atoms with Gasteiger partial charge in [-0.15, -0.1) is 57.2 Å². The Balaban J connectivity index is 0.000000189. The Hall–Kier alpha value is -6.58. The number of thioether (sulfide) groups is 7. The van der Waals surface area contributed by atoms with Gasteiger partial charge in [0.2, 0.25) is 22.9 Å². The van der Waals surface area contributed by atoms with Gasteiger partial charge in [0.25, 0.3) is 17.7 Å². The molecular formula is C48H48F3N15O15PbS7. The molecular weight excluding hydrogens is 1520 g/mol. The fourth-order valence-corrected chi connectivity index (χ4v) is 15.7. The van der Waals surface area contributed by atoms with E-state index in [1.54, 1.807) is 31.6 Å². The predicted molar refractivity (Wildman–Crippen MR) is 317 cm³/mol. The van der Waals surface area contributed by atoms with Crippen molar-refractivity contribution in [1.29, 1.82) is 0 Å². The van der Waals surface area contributed by atoms with Crippen LogP contribution in [0.3, 0.4) is 0 Å². The van der Waals surface area contributed by atoms with Gasteiger partial charge in [-0.05, 0) is 63.2 Å². The first-order chi connectivity index (χ1) is 41.8. The number of halogens is 3. The number of aromatic nitrogens is 8. The number of nitrogens with two attached hydrogens (primary N) is 1. The smallest absolute Gasteiger partial charge is 0.442 e. The number of carbonyl (C=O) groups is 10. The summed E-state index contributed by atoms with van der Waals surface area (Å²) in [7, 11) is 1.63. The molecule has 0 unspecified atom stereocenters. The van der Waals surface area contributed by atoms with E-state index in [0.717, 1.165) is 14.7 Å². The summed E-state index contributed by atoms with van der Waals surface area (Å²) in [5, 5.41) is 66.1. The summed E-state index contributed by atoms with van der Waals surface area (Å²) < 4.78 is 42.9. The minimum Gasteiger partial charge on any atom is -0.508 e. The molecule has 472 valence electrons. The number of fused-ring (bicyclic) bond motifs is 3. The van der Waals surface area contributed by atoms with E-state index in [-0.39, 0.29) is 79.9 Å². The number of hydrogen-bond donors (Lipinski definition) is 9. The molecule has 3 fully saturated rings. The van der Waals surface area contributed by atoms with Crippen molar-refractivity contribution in [2.75, 3.05) is 46.9 Å². The Morgan fingerprint density at radius 2 is 1.24 bits per heavy atom. The predicted octanol–water partition coefficient (Wildman–Crippen LogP) is 0.429. The molecule has 0 bridgehead atoms.